The van der Waals surface area contributed by atoms with E-state index in [-0.39, 0.29) is 18.3 Å². The van der Waals surface area contributed by atoms with E-state index in [9.17, 15) is 4.79 Å². The molecule has 2 aromatic rings. The van der Waals surface area contributed by atoms with E-state index < -0.39 is 0 Å². The van der Waals surface area contributed by atoms with Gasteiger partial charge in [-0.05, 0) is 29.7 Å². The molecule has 0 heterocycles. The van der Waals surface area contributed by atoms with Gasteiger partial charge in [-0.3, -0.25) is 4.79 Å². The molecule has 0 saturated heterocycles. The maximum Gasteiger partial charge on any atom is 0.220 e. The van der Waals surface area contributed by atoms with Crippen molar-refractivity contribution < 1.29 is 9.53 Å². The lowest BCUT2D eigenvalue weighted by Gasteiger charge is -2.11. The highest BCUT2D eigenvalue weighted by Gasteiger charge is 2.05. The van der Waals surface area contributed by atoms with Gasteiger partial charge in [0, 0.05) is 13.0 Å². The topological polar surface area (TPSA) is 64.4 Å². The van der Waals surface area contributed by atoms with Crippen LogP contribution in [-0.4, -0.2) is 12.5 Å². The lowest BCUT2D eigenvalue weighted by Crippen LogP contribution is -2.23. The number of carbonyl (C=O) groups excluding carboxylic acids is 1. The minimum Gasteiger partial charge on any atom is -0.372 e. The summed E-state index contributed by atoms with van der Waals surface area (Å²) in [5.41, 5.74) is 8.75. The van der Waals surface area contributed by atoms with Gasteiger partial charge in [0.15, 0.2) is 0 Å². The van der Waals surface area contributed by atoms with Gasteiger partial charge in [0.2, 0.25) is 5.91 Å². The summed E-state index contributed by atoms with van der Waals surface area (Å²) in [6.45, 7) is 2.17. The number of rotatable bonds is 9. The molecule has 2 rings (SSSR count). The Kier molecular flexibility index (Phi) is 9.77. The van der Waals surface area contributed by atoms with E-state index in [4.69, 9.17) is 10.5 Å². The molecular formula is C19H25ClN2O2. The molecule has 0 saturated carbocycles. The third-order valence-corrected chi connectivity index (χ3v) is 3.57. The number of nitrogens with two attached hydrogens (primary N) is 1. The van der Waals surface area contributed by atoms with Crippen LogP contribution in [0, 0.1) is 0 Å². The van der Waals surface area contributed by atoms with Crippen LogP contribution in [-0.2, 0) is 29.3 Å². The molecule has 0 aliphatic rings. The van der Waals surface area contributed by atoms with E-state index in [0.29, 0.717) is 39.1 Å². The first kappa shape index (κ1) is 20.2. The van der Waals surface area contributed by atoms with Crippen molar-refractivity contribution in [2.24, 2.45) is 5.73 Å². The monoisotopic (exact) mass is 348 g/mol. The molecule has 24 heavy (non-hydrogen) atoms. The van der Waals surface area contributed by atoms with E-state index >= 15 is 0 Å². The van der Waals surface area contributed by atoms with Gasteiger partial charge >= 0.3 is 0 Å². The minimum atomic E-state index is 0. The maximum absolute atomic E-state index is 11.7. The zero-order chi connectivity index (χ0) is 16.3. The van der Waals surface area contributed by atoms with Gasteiger partial charge in [-0.25, -0.2) is 0 Å². The second-order valence-electron chi connectivity index (χ2n) is 5.42. The number of carbonyl (C=O) groups is 1. The predicted octanol–water partition coefficient (Wildman–Crippen LogP) is 3.18. The molecule has 5 heteroatoms. The number of amides is 1. The summed E-state index contributed by atoms with van der Waals surface area (Å²) >= 11 is 0. The molecule has 0 aromatic heterocycles. The molecule has 1 amide bonds. The molecule has 0 aliphatic heterocycles. The van der Waals surface area contributed by atoms with Crippen molar-refractivity contribution in [3.63, 3.8) is 0 Å². The Morgan fingerprint density at radius 1 is 0.958 bits per heavy atom. The lowest BCUT2D eigenvalue weighted by molar-refractivity contribution is -0.121. The van der Waals surface area contributed by atoms with Crippen molar-refractivity contribution in [1.29, 1.82) is 0 Å². The number of hydrogen-bond donors (Lipinski definition) is 2. The van der Waals surface area contributed by atoms with Crippen LogP contribution < -0.4 is 11.1 Å². The third kappa shape index (κ3) is 7.13. The van der Waals surface area contributed by atoms with Gasteiger partial charge in [-0.2, -0.15) is 0 Å². The molecule has 0 atom stereocenters. The normalized spacial score (nSPS) is 10.0. The summed E-state index contributed by atoms with van der Waals surface area (Å²) in [5, 5.41) is 2.93. The molecular weight excluding hydrogens is 324 g/mol. The molecule has 0 unspecified atom stereocenters. The van der Waals surface area contributed by atoms with Gasteiger partial charge in [0.25, 0.3) is 0 Å². The molecule has 0 fully saturated rings. The second-order valence-corrected chi connectivity index (χ2v) is 5.42. The summed E-state index contributed by atoms with van der Waals surface area (Å²) in [6.07, 6.45) is 1.19. The van der Waals surface area contributed by atoms with Crippen molar-refractivity contribution in [1.82, 2.24) is 5.32 Å². The zero-order valence-electron chi connectivity index (χ0n) is 13.7. The number of hydrogen-bond acceptors (Lipinski definition) is 3. The van der Waals surface area contributed by atoms with Gasteiger partial charge in [0.05, 0.1) is 13.2 Å². The minimum absolute atomic E-state index is 0. The second kappa shape index (κ2) is 11.6. The van der Waals surface area contributed by atoms with E-state index in [1.165, 1.54) is 0 Å². The Labute approximate surface area is 149 Å². The zero-order valence-corrected chi connectivity index (χ0v) is 14.6. The van der Waals surface area contributed by atoms with Crippen LogP contribution >= 0.6 is 12.4 Å². The Bertz CT molecular complexity index is 605. The average molecular weight is 349 g/mol. The van der Waals surface area contributed by atoms with E-state index in [1.54, 1.807) is 0 Å². The van der Waals surface area contributed by atoms with Crippen LogP contribution in [0.2, 0.25) is 0 Å². The fourth-order valence-corrected chi connectivity index (χ4v) is 2.27. The Morgan fingerprint density at radius 2 is 1.62 bits per heavy atom. The molecule has 0 spiro atoms. The largest absolute Gasteiger partial charge is 0.372 e. The molecule has 0 aliphatic carbocycles. The summed E-state index contributed by atoms with van der Waals surface area (Å²) in [4.78, 5) is 11.7. The first-order chi connectivity index (χ1) is 11.3. The van der Waals surface area contributed by atoms with Crippen LogP contribution in [0.3, 0.4) is 0 Å². The summed E-state index contributed by atoms with van der Waals surface area (Å²) in [5.74, 6) is 0.0375. The average Bonchev–Trinajstić information content (AvgIpc) is 2.60. The summed E-state index contributed by atoms with van der Waals surface area (Å²) < 4.78 is 5.79. The quantitative estimate of drug-likeness (QED) is 0.731. The molecule has 0 radical (unpaired) electrons. The Balaban J connectivity index is 0.00000288. The van der Waals surface area contributed by atoms with Crippen LogP contribution in [0.15, 0.2) is 54.6 Å². The highest BCUT2D eigenvalue weighted by atomic mass is 35.5. The summed E-state index contributed by atoms with van der Waals surface area (Å²) in [7, 11) is 0. The molecule has 4 nitrogen and oxygen atoms in total. The first-order valence-electron chi connectivity index (χ1n) is 7.95. The highest BCUT2D eigenvalue weighted by Crippen LogP contribution is 2.12. The van der Waals surface area contributed by atoms with E-state index in [0.717, 1.165) is 16.7 Å². The van der Waals surface area contributed by atoms with E-state index in [2.05, 4.69) is 5.32 Å². The van der Waals surface area contributed by atoms with Crippen molar-refractivity contribution in [2.45, 2.75) is 32.6 Å². The standard InChI is InChI=1S/C19H24N2O2.ClH/c20-12-6-11-19(22)21-13-17-9-4-5-10-18(17)15-23-14-16-7-2-1-3-8-16;/h1-5,7-10H,6,11-15,20H2,(H,21,22);1H. The fraction of sp³-hybridized carbons (Fsp3) is 0.316. The number of ether oxygens (including phenoxy) is 1. The fourth-order valence-electron chi connectivity index (χ4n) is 2.27. The number of halogens is 1. The van der Waals surface area contributed by atoms with Crippen LogP contribution in [0.1, 0.15) is 29.5 Å². The third-order valence-electron chi connectivity index (χ3n) is 3.57. The van der Waals surface area contributed by atoms with Crippen molar-refractivity contribution in [2.75, 3.05) is 6.54 Å². The van der Waals surface area contributed by atoms with Crippen LogP contribution in [0.5, 0.6) is 0 Å². The predicted molar refractivity (Wildman–Crippen MR) is 98.8 cm³/mol. The molecule has 3 N–H and O–H groups in total. The maximum atomic E-state index is 11.7. The van der Waals surface area contributed by atoms with Gasteiger partial charge < -0.3 is 15.8 Å². The molecule has 130 valence electrons. The first-order valence-corrected chi connectivity index (χ1v) is 7.95. The van der Waals surface area contributed by atoms with Gasteiger partial charge in [-0.1, -0.05) is 54.6 Å². The van der Waals surface area contributed by atoms with Crippen LogP contribution in [0.25, 0.3) is 0 Å². The number of nitrogens with one attached hydrogen (secondary N) is 1. The van der Waals surface area contributed by atoms with Gasteiger partial charge in [0.1, 0.15) is 0 Å². The van der Waals surface area contributed by atoms with Crippen molar-refractivity contribution in [3.8, 4) is 0 Å². The Morgan fingerprint density at radius 3 is 2.33 bits per heavy atom. The van der Waals surface area contributed by atoms with Gasteiger partial charge in [-0.15, -0.1) is 12.4 Å². The highest BCUT2D eigenvalue weighted by molar-refractivity contribution is 5.85. The Hall–Kier alpha value is -1.88. The van der Waals surface area contributed by atoms with Crippen molar-refractivity contribution in [3.05, 3.63) is 71.3 Å². The van der Waals surface area contributed by atoms with E-state index in [1.807, 2.05) is 54.6 Å². The molecule has 2 aromatic carbocycles. The summed E-state index contributed by atoms with van der Waals surface area (Å²) in [6, 6.07) is 18.1. The lowest BCUT2D eigenvalue weighted by atomic mass is 10.1. The van der Waals surface area contributed by atoms with Crippen molar-refractivity contribution >= 4 is 18.3 Å². The van der Waals surface area contributed by atoms with Crippen LogP contribution in [0.4, 0.5) is 0 Å². The smallest absolute Gasteiger partial charge is 0.220 e. The number of benzene rings is 2. The molecule has 0 bridgehead atoms. The SMILES string of the molecule is Cl.NCCCC(=O)NCc1ccccc1COCc1ccccc1.